The summed E-state index contributed by atoms with van der Waals surface area (Å²) in [6, 6.07) is 15.1. The summed E-state index contributed by atoms with van der Waals surface area (Å²) in [6.45, 7) is 2.45. The molecule has 154 valence electrons. The Balaban J connectivity index is 1.48. The number of aromatic nitrogens is 3. The molecule has 2 heterocycles. The molecule has 7 heteroatoms. The molecule has 0 saturated carbocycles. The fourth-order valence-corrected chi connectivity index (χ4v) is 3.22. The first-order valence-electron chi connectivity index (χ1n) is 9.67. The molecule has 0 bridgehead atoms. The fourth-order valence-electron chi connectivity index (χ4n) is 3.09. The summed E-state index contributed by atoms with van der Waals surface area (Å²) in [7, 11) is 1.64. The van der Waals surface area contributed by atoms with Gasteiger partial charge in [0.2, 0.25) is 5.89 Å². The Hall–Kier alpha value is -3.25. The molecule has 4 aromatic rings. The van der Waals surface area contributed by atoms with Gasteiger partial charge < -0.3 is 18.9 Å². The number of benzene rings is 2. The summed E-state index contributed by atoms with van der Waals surface area (Å²) in [4.78, 5) is 12.1. The molecule has 0 spiro atoms. The van der Waals surface area contributed by atoms with Crippen molar-refractivity contribution < 1.29 is 13.9 Å². The highest BCUT2D eigenvalue weighted by molar-refractivity contribution is 6.30. The van der Waals surface area contributed by atoms with E-state index < -0.39 is 0 Å². The van der Waals surface area contributed by atoms with Gasteiger partial charge in [-0.3, -0.25) is 0 Å². The van der Waals surface area contributed by atoms with Gasteiger partial charge in [-0.2, -0.15) is 0 Å². The maximum Gasteiger partial charge on any atom is 0.245 e. The fraction of sp³-hybridized carbons (Fsp3) is 0.217. The molecule has 30 heavy (non-hydrogen) atoms. The average Bonchev–Trinajstić information content (AvgIpc) is 3.38. The van der Waals surface area contributed by atoms with Crippen LogP contribution in [0.1, 0.15) is 18.0 Å². The lowest BCUT2D eigenvalue weighted by Crippen LogP contribution is -1.99. The number of ether oxygens (including phenoxy) is 2. The third-order valence-corrected chi connectivity index (χ3v) is 4.88. The van der Waals surface area contributed by atoms with Gasteiger partial charge >= 0.3 is 0 Å². The first-order valence-corrected chi connectivity index (χ1v) is 10.0. The number of methoxy groups -OCH3 is 1. The van der Waals surface area contributed by atoms with Crippen LogP contribution in [0.15, 0.2) is 59.1 Å². The summed E-state index contributed by atoms with van der Waals surface area (Å²) < 4.78 is 17.1. The molecule has 2 aromatic heterocycles. The molecule has 0 radical (unpaired) electrons. The Labute approximate surface area is 179 Å². The number of oxazole rings is 1. The molecule has 0 amide bonds. The van der Waals surface area contributed by atoms with Crippen molar-refractivity contribution in [1.82, 2.24) is 15.0 Å². The average molecular weight is 424 g/mol. The molecule has 0 atom stereocenters. The minimum Gasteiger partial charge on any atom is -0.497 e. The molecule has 0 unspecified atom stereocenters. The zero-order valence-corrected chi connectivity index (χ0v) is 17.6. The highest BCUT2D eigenvalue weighted by Crippen LogP contribution is 2.30. The van der Waals surface area contributed by atoms with E-state index in [1.54, 1.807) is 13.3 Å². The molecule has 0 aliphatic heterocycles. The lowest BCUT2D eigenvalue weighted by molar-refractivity contribution is 0.306. The molecule has 0 aliphatic carbocycles. The second-order valence-corrected chi connectivity index (χ2v) is 7.24. The van der Waals surface area contributed by atoms with Gasteiger partial charge in [-0.15, -0.1) is 0 Å². The standard InChI is InChI=1S/C23H22ClN3O3/c1-15-25-14-20(26-15)23-27-22(16-5-7-17(24)8-6-16)21(30-23)4-3-13-29-19-11-9-18(28-2)10-12-19/h5-12,14H,3-4,13H2,1-2H3,(H,25,26). The Bertz CT molecular complexity index is 1100. The van der Waals surface area contributed by atoms with Crippen molar-refractivity contribution in [2.24, 2.45) is 0 Å². The predicted octanol–water partition coefficient (Wildman–Crippen LogP) is 5.71. The van der Waals surface area contributed by atoms with Crippen LogP contribution in [0.3, 0.4) is 0 Å². The van der Waals surface area contributed by atoms with E-state index in [2.05, 4.69) is 9.97 Å². The van der Waals surface area contributed by atoms with Crippen LogP contribution >= 0.6 is 11.6 Å². The van der Waals surface area contributed by atoms with E-state index >= 15 is 0 Å². The van der Waals surface area contributed by atoms with Gasteiger partial charge in [-0.25, -0.2) is 9.97 Å². The number of aryl methyl sites for hydroxylation is 2. The number of nitrogens with zero attached hydrogens (tertiary/aromatic N) is 2. The molecule has 2 aromatic carbocycles. The third-order valence-electron chi connectivity index (χ3n) is 4.62. The number of H-pyrrole nitrogens is 1. The zero-order valence-electron chi connectivity index (χ0n) is 16.8. The van der Waals surface area contributed by atoms with E-state index in [1.165, 1.54) is 0 Å². The van der Waals surface area contributed by atoms with Crippen LogP contribution in [-0.2, 0) is 6.42 Å². The first-order chi connectivity index (χ1) is 14.6. The molecular weight excluding hydrogens is 402 g/mol. The molecule has 0 aliphatic rings. The Morgan fingerprint density at radius 2 is 1.77 bits per heavy atom. The van der Waals surface area contributed by atoms with Gasteiger partial charge in [0.05, 0.1) is 19.9 Å². The van der Waals surface area contributed by atoms with E-state index in [0.29, 0.717) is 23.9 Å². The van der Waals surface area contributed by atoms with Gasteiger partial charge in [0.15, 0.2) is 0 Å². The van der Waals surface area contributed by atoms with E-state index in [1.807, 2.05) is 55.5 Å². The van der Waals surface area contributed by atoms with Crippen LogP contribution in [-0.4, -0.2) is 28.7 Å². The van der Waals surface area contributed by atoms with Crippen molar-refractivity contribution in [1.29, 1.82) is 0 Å². The topological polar surface area (TPSA) is 73.2 Å². The minimum absolute atomic E-state index is 0.520. The van der Waals surface area contributed by atoms with Crippen LogP contribution in [0.2, 0.25) is 5.02 Å². The monoisotopic (exact) mass is 423 g/mol. The second-order valence-electron chi connectivity index (χ2n) is 6.81. The number of hydrogen-bond donors (Lipinski definition) is 1. The lowest BCUT2D eigenvalue weighted by Gasteiger charge is -2.07. The smallest absolute Gasteiger partial charge is 0.245 e. The summed E-state index contributed by atoms with van der Waals surface area (Å²) in [5.74, 6) is 3.74. The third kappa shape index (κ3) is 4.66. The quantitative estimate of drug-likeness (QED) is 0.367. The Morgan fingerprint density at radius 3 is 2.43 bits per heavy atom. The van der Waals surface area contributed by atoms with Crippen LogP contribution in [0.4, 0.5) is 0 Å². The largest absolute Gasteiger partial charge is 0.497 e. The highest BCUT2D eigenvalue weighted by atomic mass is 35.5. The Kier molecular flexibility index (Phi) is 6.05. The van der Waals surface area contributed by atoms with Crippen molar-refractivity contribution in [2.45, 2.75) is 19.8 Å². The van der Waals surface area contributed by atoms with E-state index in [0.717, 1.165) is 46.5 Å². The van der Waals surface area contributed by atoms with E-state index in [9.17, 15) is 0 Å². The van der Waals surface area contributed by atoms with Crippen LogP contribution in [0.25, 0.3) is 22.8 Å². The van der Waals surface area contributed by atoms with E-state index in [4.69, 9.17) is 30.5 Å². The van der Waals surface area contributed by atoms with Crippen molar-refractivity contribution in [3.05, 3.63) is 71.3 Å². The van der Waals surface area contributed by atoms with Gasteiger partial charge in [-0.05, 0) is 49.7 Å². The van der Waals surface area contributed by atoms with Crippen molar-refractivity contribution in [2.75, 3.05) is 13.7 Å². The Morgan fingerprint density at radius 1 is 1.03 bits per heavy atom. The van der Waals surface area contributed by atoms with Gasteiger partial charge in [-0.1, -0.05) is 23.7 Å². The van der Waals surface area contributed by atoms with Crippen LogP contribution in [0, 0.1) is 6.92 Å². The molecular formula is C23H22ClN3O3. The number of halogens is 1. The van der Waals surface area contributed by atoms with Gasteiger partial charge in [0.25, 0.3) is 0 Å². The van der Waals surface area contributed by atoms with Crippen molar-refractivity contribution in [3.8, 4) is 34.3 Å². The molecule has 4 rings (SSSR count). The number of imidazole rings is 1. The first kappa shape index (κ1) is 20.0. The highest BCUT2D eigenvalue weighted by Gasteiger charge is 2.17. The van der Waals surface area contributed by atoms with Crippen LogP contribution in [0.5, 0.6) is 11.5 Å². The van der Waals surface area contributed by atoms with Gasteiger partial charge in [0, 0.05) is 17.0 Å². The van der Waals surface area contributed by atoms with Crippen molar-refractivity contribution in [3.63, 3.8) is 0 Å². The summed E-state index contributed by atoms with van der Waals surface area (Å²) in [5.41, 5.74) is 2.51. The minimum atomic E-state index is 0.520. The van der Waals surface area contributed by atoms with E-state index in [-0.39, 0.29) is 0 Å². The maximum atomic E-state index is 6.09. The molecule has 0 saturated heterocycles. The number of nitrogens with one attached hydrogen (secondary N) is 1. The number of rotatable bonds is 8. The predicted molar refractivity (Wildman–Crippen MR) is 116 cm³/mol. The molecule has 0 fully saturated rings. The molecule has 6 nitrogen and oxygen atoms in total. The second kappa shape index (κ2) is 9.05. The van der Waals surface area contributed by atoms with Gasteiger partial charge in [0.1, 0.15) is 34.5 Å². The van der Waals surface area contributed by atoms with Crippen LogP contribution < -0.4 is 9.47 Å². The number of aromatic amines is 1. The summed E-state index contributed by atoms with van der Waals surface area (Å²) in [6.07, 6.45) is 3.20. The SMILES string of the molecule is COc1ccc(OCCCc2oc(-c3cnc(C)[nH]3)nc2-c2ccc(Cl)cc2)cc1. The maximum absolute atomic E-state index is 6.09. The summed E-state index contributed by atoms with van der Waals surface area (Å²) in [5, 5.41) is 0.682. The lowest BCUT2D eigenvalue weighted by atomic mass is 10.1. The van der Waals surface area contributed by atoms with Crippen molar-refractivity contribution >= 4 is 11.6 Å². The summed E-state index contributed by atoms with van der Waals surface area (Å²) >= 11 is 6.04. The normalized spacial score (nSPS) is 10.9. The zero-order chi connectivity index (χ0) is 20.9. The number of hydrogen-bond acceptors (Lipinski definition) is 5. The molecule has 1 N–H and O–H groups in total.